The molecule has 0 aliphatic carbocycles. The van der Waals surface area contributed by atoms with Crippen molar-refractivity contribution in [3.63, 3.8) is 0 Å². The van der Waals surface area contributed by atoms with Crippen LogP contribution in [0.3, 0.4) is 0 Å². The van der Waals surface area contributed by atoms with Crippen molar-refractivity contribution < 1.29 is 4.39 Å². The van der Waals surface area contributed by atoms with Crippen molar-refractivity contribution in [2.45, 2.75) is 19.8 Å². The molecule has 2 aromatic carbocycles. The summed E-state index contributed by atoms with van der Waals surface area (Å²) in [6.07, 6.45) is 1.85. The van der Waals surface area contributed by atoms with Crippen molar-refractivity contribution in [3.05, 3.63) is 80.4 Å². The third kappa shape index (κ3) is 3.04. The van der Waals surface area contributed by atoms with Crippen LogP contribution in [-0.2, 0) is 0 Å². The van der Waals surface area contributed by atoms with E-state index in [0.717, 1.165) is 5.56 Å². The van der Waals surface area contributed by atoms with Gasteiger partial charge in [-0.1, -0.05) is 49.4 Å². The largest absolute Gasteiger partial charge is 0.291 e. The minimum Gasteiger partial charge on any atom is -0.266 e. The molecule has 0 spiro atoms. The second kappa shape index (κ2) is 6.46. The van der Waals surface area contributed by atoms with E-state index < -0.39 is 0 Å². The number of rotatable bonds is 3. The van der Waals surface area contributed by atoms with E-state index in [1.54, 1.807) is 12.1 Å². The minimum absolute atomic E-state index is 0.196. The number of thiazole rings is 1. The molecule has 2 aromatic heterocycles. The SMILES string of the molecule is CC(C)c1ccc(C=c2sc3nc(-c4ccc(F)cc4)nn3c2=O)cc1. The minimum atomic E-state index is -0.320. The number of benzene rings is 2. The van der Waals surface area contributed by atoms with Crippen LogP contribution in [-0.4, -0.2) is 14.6 Å². The van der Waals surface area contributed by atoms with Gasteiger partial charge in [0.25, 0.3) is 5.56 Å². The van der Waals surface area contributed by atoms with Gasteiger partial charge in [-0.3, -0.25) is 4.79 Å². The Labute approximate surface area is 153 Å². The first kappa shape index (κ1) is 16.6. The molecule has 26 heavy (non-hydrogen) atoms. The van der Waals surface area contributed by atoms with E-state index in [1.165, 1.54) is 33.5 Å². The number of halogens is 1. The van der Waals surface area contributed by atoms with E-state index in [0.29, 0.717) is 26.8 Å². The van der Waals surface area contributed by atoms with Crippen LogP contribution in [0.2, 0.25) is 0 Å². The van der Waals surface area contributed by atoms with Gasteiger partial charge in [0, 0.05) is 5.56 Å². The predicted molar refractivity (Wildman–Crippen MR) is 102 cm³/mol. The Kier molecular flexibility index (Phi) is 4.12. The van der Waals surface area contributed by atoms with Crippen LogP contribution in [0, 0.1) is 5.82 Å². The average Bonchev–Trinajstić information content (AvgIpc) is 3.16. The van der Waals surface area contributed by atoms with Crippen LogP contribution < -0.4 is 10.1 Å². The smallest absolute Gasteiger partial charge is 0.266 e. The topological polar surface area (TPSA) is 47.3 Å². The molecule has 0 fully saturated rings. The Morgan fingerprint density at radius 1 is 1.08 bits per heavy atom. The van der Waals surface area contributed by atoms with Crippen molar-refractivity contribution in [1.29, 1.82) is 0 Å². The summed E-state index contributed by atoms with van der Waals surface area (Å²) in [7, 11) is 0. The van der Waals surface area contributed by atoms with Crippen LogP contribution in [0.1, 0.15) is 30.9 Å². The monoisotopic (exact) mass is 365 g/mol. The quantitative estimate of drug-likeness (QED) is 0.557. The van der Waals surface area contributed by atoms with E-state index in [9.17, 15) is 9.18 Å². The molecule has 0 unspecified atom stereocenters. The number of hydrogen-bond acceptors (Lipinski definition) is 4. The lowest BCUT2D eigenvalue weighted by atomic mass is 10.0. The van der Waals surface area contributed by atoms with Crippen LogP contribution in [0.25, 0.3) is 22.4 Å². The lowest BCUT2D eigenvalue weighted by Crippen LogP contribution is -2.23. The molecule has 0 radical (unpaired) electrons. The Hall–Kier alpha value is -2.86. The molecule has 0 saturated carbocycles. The van der Waals surface area contributed by atoms with Gasteiger partial charge >= 0.3 is 0 Å². The van der Waals surface area contributed by atoms with Crippen molar-refractivity contribution in [3.8, 4) is 11.4 Å². The Balaban J connectivity index is 1.73. The molecule has 4 aromatic rings. The summed E-state index contributed by atoms with van der Waals surface area (Å²) in [5, 5.41) is 4.27. The first-order valence-corrected chi connectivity index (χ1v) is 9.10. The third-order valence-corrected chi connectivity index (χ3v) is 5.14. The molecule has 0 atom stereocenters. The summed E-state index contributed by atoms with van der Waals surface area (Å²) < 4.78 is 14.9. The van der Waals surface area contributed by atoms with E-state index in [2.05, 4.69) is 36.1 Å². The highest BCUT2D eigenvalue weighted by Crippen LogP contribution is 2.17. The third-order valence-electron chi connectivity index (χ3n) is 4.19. The molecule has 0 N–H and O–H groups in total. The lowest BCUT2D eigenvalue weighted by Gasteiger charge is -2.04. The van der Waals surface area contributed by atoms with Gasteiger partial charge in [-0.2, -0.15) is 9.50 Å². The van der Waals surface area contributed by atoms with Crippen LogP contribution in [0.5, 0.6) is 0 Å². The summed E-state index contributed by atoms with van der Waals surface area (Å²) in [6.45, 7) is 4.29. The van der Waals surface area contributed by atoms with Crippen LogP contribution in [0.15, 0.2) is 53.3 Å². The number of hydrogen-bond donors (Lipinski definition) is 0. The van der Waals surface area contributed by atoms with Gasteiger partial charge in [0.2, 0.25) is 4.96 Å². The fourth-order valence-corrected chi connectivity index (χ4v) is 3.59. The molecule has 0 saturated heterocycles. The summed E-state index contributed by atoms with van der Waals surface area (Å²) in [5.74, 6) is 0.569. The second-order valence-corrected chi connectivity index (χ2v) is 7.38. The molecule has 130 valence electrons. The van der Waals surface area contributed by atoms with Crippen LogP contribution in [0.4, 0.5) is 4.39 Å². The molecule has 4 rings (SSSR count). The van der Waals surface area contributed by atoms with Gasteiger partial charge in [-0.05, 0) is 47.4 Å². The highest BCUT2D eigenvalue weighted by molar-refractivity contribution is 7.15. The predicted octanol–water partition coefficient (Wildman–Crippen LogP) is 3.63. The van der Waals surface area contributed by atoms with Crippen molar-refractivity contribution in [1.82, 2.24) is 14.6 Å². The van der Waals surface area contributed by atoms with E-state index in [4.69, 9.17) is 0 Å². The fraction of sp³-hybridized carbons (Fsp3) is 0.150. The van der Waals surface area contributed by atoms with E-state index in [-0.39, 0.29) is 11.4 Å². The highest BCUT2D eigenvalue weighted by atomic mass is 32.1. The Morgan fingerprint density at radius 3 is 2.38 bits per heavy atom. The van der Waals surface area contributed by atoms with Crippen molar-refractivity contribution in [2.24, 2.45) is 0 Å². The zero-order valence-electron chi connectivity index (χ0n) is 14.3. The van der Waals surface area contributed by atoms with Gasteiger partial charge in [0.1, 0.15) is 5.82 Å². The summed E-state index contributed by atoms with van der Waals surface area (Å²) in [4.78, 5) is 17.5. The van der Waals surface area contributed by atoms with Gasteiger partial charge in [0.15, 0.2) is 5.82 Å². The molecule has 0 bridgehead atoms. The van der Waals surface area contributed by atoms with Gasteiger partial charge in [-0.25, -0.2) is 4.39 Å². The first-order chi connectivity index (χ1) is 12.5. The molecule has 0 aliphatic rings. The lowest BCUT2D eigenvalue weighted by molar-refractivity contribution is 0.628. The second-order valence-electron chi connectivity index (χ2n) is 6.37. The molecule has 0 amide bonds. The maximum absolute atomic E-state index is 13.0. The van der Waals surface area contributed by atoms with Crippen molar-refractivity contribution in [2.75, 3.05) is 0 Å². The van der Waals surface area contributed by atoms with Gasteiger partial charge in [0.05, 0.1) is 4.53 Å². The van der Waals surface area contributed by atoms with Gasteiger partial charge < -0.3 is 0 Å². The first-order valence-electron chi connectivity index (χ1n) is 8.28. The standard InChI is InChI=1S/C20H16FN3OS/c1-12(2)14-5-3-13(4-6-14)11-17-19(25)24-20(26-17)22-18(23-24)15-7-9-16(21)10-8-15/h3-12H,1-2H3. The molecule has 6 heteroatoms. The molecule has 2 heterocycles. The number of nitrogens with zero attached hydrogens (tertiary/aromatic N) is 3. The highest BCUT2D eigenvalue weighted by Gasteiger charge is 2.12. The maximum atomic E-state index is 13.0. The number of fused-ring (bicyclic) bond motifs is 1. The van der Waals surface area contributed by atoms with E-state index >= 15 is 0 Å². The normalized spacial score (nSPS) is 12.4. The maximum Gasteiger partial charge on any atom is 0.291 e. The molecular formula is C20H16FN3OS. The fourth-order valence-electron chi connectivity index (χ4n) is 2.68. The zero-order chi connectivity index (χ0) is 18.3. The van der Waals surface area contributed by atoms with E-state index in [1.807, 2.05) is 18.2 Å². The van der Waals surface area contributed by atoms with Crippen molar-refractivity contribution >= 4 is 22.4 Å². The molecular weight excluding hydrogens is 349 g/mol. The molecule has 0 aliphatic heterocycles. The molecule has 4 nitrogen and oxygen atoms in total. The Morgan fingerprint density at radius 2 is 1.77 bits per heavy atom. The number of aromatic nitrogens is 3. The summed E-state index contributed by atoms with van der Waals surface area (Å²) in [6, 6.07) is 14.1. The van der Waals surface area contributed by atoms with Crippen LogP contribution >= 0.6 is 11.3 Å². The summed E-state index contributed by atoms with van der Waals surface area (Å²) in [5.41, 5.74) is 2.71. The Bertz CT molecular complexity index is 1170. The average molecular weight is 365 g/mol. The zero-order valence-corrected chi connectivity index (χ0v) is 15.1. The summed E-state index contributed by atoms with van der Waals surface area (Å²) >= 11 is 1.30. The van der Waals surface area contributed by atoms with Gasteiger partial charge in [-0.15, -0.1) is 5.10 Å².